The summed E-state index contributed by atoms with van der Waals surface area (Å²) in [6.45, 7) is 4.35. The van der Waals surface area contributed by atoms with Crippen LogP contribution < -0.4 is 4.90 Å². The first-order valence-corrected chi connectivity index (χ1v) is 10.0. The van der Waals surface area contributed by atoms with Gasteiger partial charge in [0.2, 0.25) is 5.91 Å². The summed E-state index contributed by atoms with van der Waals surface area (Å²) in [4.78, 5) is 20.1. The summed E-state index contributed by atoms with van der Waals surface area (Å²) in [6, 6.07) is 14.0. The van der Waals surface area contributed by atoms with Crippen LogP contribution in [0, 0.1) is 19.7 Å². The number of rotatable bonds is 6. The van der Waals surface area contributed by atoms with Crippen LogP contribution in [0.15, 0.2) is 58.8 Å². The number of nitrogens with zero attached hydrogens (tertiary/aromatic N) is 2. The van der Waals surface area contributed by atoms with Crippen LogP contribution in [0.3, 0.4) is 0 Å². The lowest BCUT2D eigenvalue weighted by atomic mass is 10.2. The molecular formula is C20H19FN2OS2. The van der Waals surface area contributed by atoms with E-state index in [2.05, 4.69) is 4.98 Å². The minimum absolute atomic E-state index is 0.0319. The number of thiazole rings is 1. The molecule has 0 aliphatic heterocycles. The van der Waals surface area contributed by atoms with Crippen LogP contribution in [0.1, 0.15) is 16.3 Å². The van der Waals surface area contributed by atoms with Gasteiger partial charge in [-0.25, -0.2) is 9.37 Å². The largest absolute Gasteiger partial charge is 0.306 e. The fraction of sp³-hybridized carbons (Fsp3) is 0.200. The zero-order chi connectivity index (χ0) is 18.5. The minimum Gasteiger partial charge on any atom is -0.306 e. The van der Waals surface area contributed by atoms with Gasteiger partial charge in [-0.1, -0.05) is 18.2 Å². The molecule has 1 heterocycles. The van der Waals surface area contributed by atoms with Crippen molar-refractivity contribution in [3.8, 4) is 0 Å². The third kappa shape index (κ3) is 4.71. The summed E-state index contributed by atoms with van der Waals surface area (Å²) in [5.41, 5.74) is 2.66. The molecule has 0 atom stereocenters. The third-order valence-corrected chi connectivity index (χ3v) is 5.85. The van der Waals surface area contributed by atoms with Crippen molar-refractivity contribution >= 4 is 34.7 Å². The van der Waals surface area contributed by atoms with Crippen molar-refractivity contribution in [2.45, 2.75) is 25.3 Å². The normalized spacial score (nSPS) is 10.7. The van der Waals surface area contributed by atoms with E-state index < -0.39 is 0 Å². The lowest BCUT2D eigenvalue weighted by Gasteiger charge is -2.22. The van der Waals surface area contributed by atoms with Crippen LogP contribution in [0.25, 0.3) is 0 Å². The Morgan fingerprint density at radius 1 is 1.15 bits per heavy atom. The highest BCUT2D eigenvalue weighted by Crippen LogP contribution is 2.25. The quantitative estimate of drug-likeness (QED) is 0.544. The van der Waals surface area contributed by atoms with E-state index in [1.807, 2.05) is 43.5 Å². The number of halogens is 1. The number of aryl methyl sites for hydroxylation is 2. The fourth-order valence-corrected chi connectivity index (χ4v) is 4.03. The number of benzene rings is 2. The van der Waals surface area contributed by atoms with Crippen molar-refractivity contribution in [2.75, 3.05) is 10.7 Å². The number of carbonyl (C=O) groups is 1. The Balaban J connectivity index is 1.78. The predicted molar refractivity (Wildman–Crippen MR) is 106 cm³/mol. The SMILES string of the molecule is Cc1nc(CN(C(=O)CSc2ccccc2C)c2ccc(F)cc2)cs1. The molecule has 2 aromatic carbocycles. The van der Waals surface area contributed by atoms with Gasteiger partial charge in [0.25, 0.3) is 0 Å². The van der Waals surface area contributed by atoms with Gasteiger partial charge in [-0.05, 0) is 49.7 Å². The topological polar surface area (TPSA) is 33.2 Å². The van der Waals surface area contributed by atoms with Crippen LogP contribution >= 0.6 is 23.1 Å². The predicted octanol–water partition coefficient (Wildman–Crippen LogP) is 5.22. The Hall–Kier alpha value is -2.18. The monoisotopic (exact) mass is 386 g/mol. The highest BCUT2D eigenvalue weighted by molar-refractivity contribution is 8.00. The summed E-state index contributed by atoms with van der Waals surface area (Å²) < 4.78 is 13.3. The van der Waals surface area contributed by atoms with E-state index in [1.54, 1.807) is 28.4 Å². The van der Waals surface area contributed by atoms with E-state index in [-0.39, 0.29) is 11.7 Å². The van der Waals surface area contributed by atoms with Crippen molar-refractivity contribution in [1.29, 1.82) is 0 Å². The van der Waals surface area contributed by atoms with Gasteiger partial charge in [0, 0.05) is 16.0 Å². The Kier molecular flexibility index (Phi) is 6.06. The second kappa shape index (κ2) is 8.47. The number of anilines is 1. The van der Waals surface area contributed by atoms with Crippen molar-refractivity contribution < 1.29 is 9.18 Å². The molecule has 3 nitrogen and oxygen atoms in total. The van der Waals surface area contributed by atoms with Crippen LogP contribution in [0.2, 0.25) is 0 Å². The molecule has 0 aliphatic carbocycles. The number of carbonyl (C=O) groups excluding carboxylic acids is 1. The van der Waals surface area contributed by atoms with Gasteiger partial charge in [0.1, 0.15) is 5.82 Å². The van der Waals surface area contributed by atoms with E-state index in [9.17, 15) is 9.18 Å². The van der Waals surface area contributed by atoms with Crippen LogP contribution in [0.4, 0.5) is 10.1 Å². The smallest absolute Gasteiger partial charge is 0.237 e. The highest BCUT2D eigenvalue weighted by atomic mass is 32.2. The van der Waals surface area contributed by atoms with Crippen LogP contribution in [-0.4, -0.2) is 16.6 Å². The van der Waals surface area contributed by atoms with E-state index in [0.717, 1.165) is 21.2 Å². The molecule has 0 saturated heterocycles. The fourth-order valence-electron chi connectivity index (χ4n) is 2.52. The van der Waals surface area contributed by atoms with Gasteiger partial charge in [0.15, 0.2) is 0 Å². The average Bonchev–Trinajstić information content (AvgIpc) is 3.05. The van der Waals surface area contributed by atoms with Gasteiger partial charge in [-0.3, -0.25) is 4.79 Å². The average molecular weight is 387 g/mol. The summed E-state index contributed by atoms with van der Waals surface area (Å²) in [5, 5.41) is 2.91. The molecule has 0 fully saturated rings. The van der Waals surface area contributed by atoms with Crippen LogP contribution in [-0.2, 0) is 11.3 Å². The number of hydrogen-bond acceptors (Lipinski definition) is 4. The first-order chi connectivity index (χ1) is 12.5. The molecule has 3 aromatic rings. The number of amides is 1. The third-order valence-electron chi connectivity index (χ3n) is 3.87. The Bertz CT molecular complexity index is 893. The molecule has 6 heteroatoms. The number of hydrogen-bond donors (Lipinski definition) is 0. The second-order valence-electron chi connectivity index (χ2n) is 5.87. The molecule has 3 rings (SSSR count). The Morgan fingerprint density at radius 2 is 1.88 bits per heavy atom. The highest BCUT2D eigenvalue weighted by Gasteiger charge is 2.18. The maximum absolute atomic E-state index is 13.3. The van der Waals surface area contributed by atoms with Crippen LogP contribution in [0.5, 0.6) is 0 Å². The van der Waals surface area contributed by atoms with Crippen molar-refractivity contribution in [3.63, 3.8) is 0 Å². The molecule has 26 heavy (non-hydrogen) atoms. The van der Waals surface area contributed by atoms with Crippen molar-refractivity contribution in [1.82, 2.24) is 4.98 Å². The molecular weight excluding hydrogens is 367 g/mol. The lowest BCUT2D eigenvalue weighted by molar-refractivity contribution is -0.116. The van der Waals surface area contributed by atoms with Gasteiger partial charge < -0.3 is 4.90 Å². The first-order valence-electron chi connectivity index (χ1n) is 8.18. The lowest BCUT2D eigenvalue weighted by Crippen LogP contribution is -2.32. The molecule has 134 valence electrons. The molecule has 0 saturated carbocycles. The van der Waals surface area contributed by atoms with Crippen molar-refractivity contribution in [3.05, 3.63) is 76.0 Å². The summed E-state index contributed by atoms with van der Waals surface area (Å²) in [6.07, 6.45) is 0. The second-order valence-corrected chi connectivity index (χ2v) is 7.95. The van der Waals surface area contributed by atoms with E-state index in [4.69, 9.17) is 0 Å². The summed E-state index contributed by atoms with van der Waals surface area (Å²) in [5.74, 6) is -0.0406. The molecule has 1 aromatic heterocycles. The molecule has 0 N–H and O–H groups in total. The summed E-state index contributed by atoms with van der Waals surface area (Å²) >= 11 is 3.07. The molecule has 0 aliphatic rings. The molecule has 1 amide bonds. The van der Waals surface area contributed by atoms with Gasteiger partial charge in [-0.2, -0.15) is 0 Å². The number of thioether (sulfide) groups is 1. The van der Waals surface area contributed by atoms with E-state index >= 15 is 0 Å². The Labute approximate surface area is 160 Å². The van der Waals surface area contributed by atoms with E-state index in [0.29, 0.717) is 18.0 Å². The molecule has 0 radical (unpaired) electrons. The molecule has 0 spiro atoms. The zero-order valence-corrected chi connectivity index (χ0v) is 16.2. The van der Waals surface area contributed by atoms with Crippen molar-refractivity contribution in [2.24, 2.45) is 0 Å². The molecule has 0 bridgehead atoms. The maximum Gasteiger partial charge on any atom is 0.237 e. The summed E-state index contributed by atoms with van der Waals surface area (Å²) in [7, 11) is 0. The van der Waals surface area contributed by atoms with Gasteiger partial charge in [-0.15, -0.1) is 23.1 Å². The molecule has 0 unspecified atom stereocenters. The minimum atomic E-state index is -0.320. The standard InChI is InChI=1S/C20H19FN2OS2/c1-14-5-3-4-6-19(14)26-13-20(24)23(11-17-12-25-15(2)22-17)18-9-7-16(21)8-10-18/h3-10,12H,11,13H2,1-2H3. The first kappa shape index (κ1) is 18.6. The Morgan fingerprint density at radius 3 is 2.54 bits per heavy atom. The van der Waals surface area contributed by atoms with Gasteiger partial charge in [0.05, 0.1) is 23.0 Å². The maximum atomic E-state index is 13.3. The van der Waals surface area contributed by atoms with E-state index in [1.165, 1.54) is 23.9 Å². The van der Waals surface area contributed by atoms with Gasteiger partial charge >= 0.3 is 0 Å². The number of aromatic nitrogens is 1. The zero-order valence-electron chi connectivity index (χ0n) is 14.6.